The van der Waals surface area contributed by atoms with E-state index in [-0.39, 0.29) is 13.1 Å². The van der Waals surface area contributed by atoms with Gasteiger partial charge < -0.3 is 15.7 Å². The lowest BCUT2D eigenvalue weighted by Crippen LogP contribution is -2.44. The van der Waals surface area contributed by atoms with E-state index in [1.807, 2.05) is 23.8 Å². The summed E-state index contributed by atoms with van der Waals surface area (Å²) in [6.07, 6.45) is -4.37. The summed E-state index contributed by atoms with van der Waals surface area (Å²) in [5.41, 5.74) is -0.513. The van der Waals surface area contributed by atoms with Crippen LogP contribution in [-0.2, 0) is 18.3 Å². The molecule has 0 fully saturated rings. The molecular formula is C18H22F3N3OS. The average Bonchev–Trinajstić information content (AvgIpc) is 3.12. The Morgan fingerprint density at radius 2 is 1.96 bits per heavy atom. The number of nitrogens with zero attached hydrogens (tertiary/aromatic N) is 1. The van der Waals surface area contributed by atoms with E-state index in [2.05, 4.69) is 15.6 Å². The number of halogens is 3. The Hall–Kier alpha value is -2.06. The minimum atomic E-state index is -4.37. The van der Waals surface area contributed by atoms with Gasteiger partial charge in [-0.25, -0.2) is 4.99 Å². The predicted molar refractivity (Wildman–Crippen MR) is 98.2 cm³/mol. The van der Waals surface area contributed by atoms with Crippen molar-refractivity contribution < 1.29 is 18.3 Å². The maximum atomic E-state index is 12.8. The van der Waals surface area contributed by atoms with Crippen molar-refractivity contribution in [2.75, 3.05) is 13.1 Å². The highest BCUT2D eigenvalue weighted by atomic mass is 32.1. The Labute approximate surface area is 154 Å². The van der Waals surface area contributed by atoms with Crippen LogP contribution in [0.2, 0.25) is 0 Å². The number of benzene rings is 1. The number of aliphatic hydroxyl groups is 1. The van der Waals surface area contributed by atoms with E-state index in [9.17, 15) is 18.3 Å². The van der Waals surface area contributed by atoms with E-state index in [4.69, 9.17) is 0 Å². The van der Waals surface area contributed by atoms with Crippen LogP contribution in [0.15, 0.2) is 46.1 Å². The third-order valence-electron chi connectivity index (χ3n) is 3.76. The van der Waals surface area contributed by atoms with Crippen molar-refractivity contribution in [1.82, 2.24) is 10.6 Å². The van der Waals surface area contributed by atoms with Crippen LogP contribution in [0.1, 0.15) is 30.5 Å². The van der Waals surface area contributed by atoms with Crippen LogP contribution in [0.4, 0.5) is 13.2 Å². The van der Waals surface area contributed by atoms with E-state index in [1.165, 1.54) is 17.4 Å². The van der Waals surface area contributed by atoms with Crippen LogP contribution in [0.25, 0.3) is 0 Å². The standard InChI is InChI=1S/C18H22F3N3OS/c1-3-22-16(24-12-17(2,25)15-7-8-26-11-15)23-10-13-5-4-6-14(9-13)18(19,20)21/h4-9,11,25H,3,10,12H2,1-2H3,(H2,22,23,24). The van der Waals surface area contributed by atoms with Crippen molar-refractivity contribution >= 4 is 17.3 Å². The molecule has 26 heavy (non-hydrogen) atoms. The molecule has 1 heterocycles. The third-order valence-corrected chi connectivity index (χ3v) is 4.44. The topological polar surface area (TPSA) is 56.7 Å². The monoisotopic (exact) mass is 385 g/mol. The Kier molecular flexibility index (Phi) is 6.66. The lowest BCUT2D eigenvalue weighted by atomic mass is 9.99. The molecule has 2 aromatic rings. The van der Waals surface area contributed by atoms with Crippen LogP contribution < -0.4 is 10.6 Å². The molecule has 1 atom stereocenters. The van der Waals surface area contributed by atoms with E-state index >= 15 is 0 Å². The van der Waals surface area contributed by atoms with Gasteiger partial charge in [0.05, 0.1) is 18.7 Å². The highest BCUT2D eigenvalue weighted by molar-refractivity contribution is 7.08. The Balaban J connectivity index is 2.05. The highest BCUT2D eigenvalue weighted by Crippen LogP contribution is 2.29. The zero-order valence-electron chi connectivity index (χ0n) is 14.6. The lowest BCUT2D eigenvalue weighted by molar-refractivity contribution is -0.137. The molecule has 0 aliphatic carbocycles. The molecule has 8 heteroatoms. The molecule has 0 saturated heterocycles. The summed E-state index contributed by atoms with van der Waals surface area (Å²) in [6, 6.07) is 6.95. The summed E-state index contributed by atoms with van der Waals surface area (Å²) in [6.45, 7) is 4.49. The molecule has 0 radical (unpaired) electrons. The largest absolute Gasteiger partial charge is 0.416 e. The SMILES string of the molecule is CCNC(=NCc1cccc(C(F)(F)F)c1)NCC(C)(O)c1ccsc1. The predicted octanol–water partition coefficient (Wildman–Crippen LogP) is 3.73. The molecule has 0 saturated carbocycles. The summed E-state index contributed by atoms with van der Waals surface area (Å²) in [7, 11) is 0. The number of guanidine groups is 1. The molecule has 1 aromatic carbocycles. The minimum Gasteiger partial charge on any atom is -0.384 e. The maximum absolute atomic E-state index is 12.8. The van der Waals surface area contributed by atoms with Gasteiger partial charge in [0.1, 0.15) is 5.60 Å². The first-order chi connectivity index (χ1) is 12.2. The number of aliphatic imine (C=N–C) groups is 1. The number of hydrogen-bond acceptors (Lipinski definition) is 3. The molecule has 1 unspecified atom stereocenters. The van der Waals surface area contributed by atoms with Gasteiger partial charge in [-0.3, -0.25) is 0 Å². The zero-order valence-corrected chi connectivity index (χ0v) is 15.4. The molecule has 0 amide bonds. The second-order valence-electron chi connectivity index (χ2n) is 6.03. The number of nitrogens with one attached hydrogen (secondary N) is 2. The molecule has 4 nitrogen and oxygen atoms in total. The Bertz CT molecular complexity index is 728. The molecule has 0 aliphatic rings. The van der Waals surface area contributed by atoms with E-state index < -0.39 is 17.3 Å². The number of rotatable bonds is 6. The summed E-state index contributed by atoms with van der Waals surface area (Å²) < 4.78 is 38.4. The van der Waals surface area contributed by atoms with Crippen molar-refractivity contribution in [1.29, 1.82) is 0 Å². The lowest BCUT2D eigenvalue weighted by Gasteiger charge is -2.24. The fourth-order valence-corrected chi connectivity index (χ4v) is 3.07. The van der Waals surface area contributed by atoms with Gasteiger partial charge in [0.2, 0.25) is 0 Å². The first-order valence-corrected chi connectivity index (χ1v) is 9.10. The summed E-state index contributed by atoms with van der Waals surface area (Å²) in [5.74, 6) is 0.431. The zero-order chi connectivity index (χ0) is 19.2. The average molecular weight is 385 g/mol. The third kappa shape index (κ3) is 5.74. The van der Waals surface area contributed by atoms with Gasteiger partial charge in [-0.05, 0) is 53.9 Å². The second kappa shape index (κ2) is 8.55. The molecular weight excluding hydrogens is 363 g/mol. The molecule has 2 rings (SSSR count). The Morgan fingerprint density at radius 3 is 2.58 bits per heavy atom. The minimum absolute atomic E-state index is 0.0971. The van der Waals surface area contributed by atoms with Gasteiger partial charge >= 0.3 is 6.18 Å². The van der Waals surface area contributed by atoms with Gasteiger partial charge in [0, 0.05) is 6.54 Å². The first kappa shape index (κ1) is 20.3. The molecule has 0 spiro atoms. The van der Waals surface area contributed by atoms with E-state index in [1.54, 1.807) is 13.0 Å². The van der Waals surface area contributed by atoms with Crippen LogP contribution in [-0.4, -0.2) is 24.2 Å². The van der Waals surface area contributed by atoms with Crippen molar-refractivity contribution in [3.05, 3.63) is 57.8 Å². The van der Waals surface area contributed by atoms with Gasteiger partial charge in [-0.1, -0.05) is 12.1 Å². The van der Waals surface area contributed by atoms with Gasteiger partial charge in [0.15, 0.2) is 5.96 Å². The number of alkyl halides is 3. The first-order valence-electron chi connectivity index (χ1n) is 8.16. The van der Waals surface area contributed by atoms with Crippen LogP contribution in [0.3, 0.4) is 0 Å². The van der Waals surface area contributed by atoms with Crippen molar-refractivity contribution in [3.63, 3.8) is 0 Å². The Morgan fingerprint density at radius 1 is 1.19 bits per heavy atom. The normalized spacial score (nSPS) is 14.8. The molecule has 1 aromatic heterocycles. The van der Waals surface area contributed by atoms with Crippen LogP contribution in [0.5, 0.6) is 0 Å². The molecule has 3 N–H and O–H groups in total. The van der Waals surface area contributed by atoms with Gasteiger partial charge in [-0.2, -0.15) is 24.5 Å². The molecule has 0 bridgehead atoms. The second-order valence-corrected chi connectivity index (χ2v) is 6.81. The van der Waals surface area contributed by atoms with E-state index in [0.29, 0.717) is 18.1 Å². The summed E-state index contributed by atoms with van der Waals surface area (Å²) >= 11 is 1.50. The van der Waals surface area contributed by atoms with Gasteiger partial charge in [0.25, 0.3) is 0 Å². The van der Waals surface area contributed by atoms with Crippen LogP contribution in [0, 0.1) is 0 Å². The molecule has 0 aliphatic heterocycles. The van der Waals surface area contributed by atoms with Crippen molar-refractivity contribution in [2.45, 2.75) is 32.2 Å². The maximum Gasteiger partial charge on any atom is 0.416 e. The fraction of sp³-hybridized carbons (Fsp3) is 0.389. The smallest absolute Gasteiger partial charge is 0.384 e. The molecule has 142 valence electrons. The summed E-state index contributed by atoms with van der Waals surface area (Å²) in [5, 5.41) is 20.4. The van der Waals surface area contributed by atoms with Crippen molar-refractivity contribution in [3.8, 4) is 0 Å². The van der Waals surface area contributed by atoms with Crippen LogP contribution >= 0.6 is 11.3 Å². The number of hydrogen-bond donors (Lipinski definition) is 3. The highest BCUT2D eigenvalue weighted by Gasteiger charge is 2.30. The fourth-order valence-electron chi connectivity index (χ4n) is 2.29. The van der Waals surface area contributed by atoms with Gasteiger partial charge in [-0.15, -0.1) is 0 Å². The summed E-state index contributed by atoms with van der Waals surface area (Å²) in [4.78, 5) is 4.31. The quantitative estimate of drug-likeness (QED) is 0.525. The van der Waals surface area contributed by atoms with E-state index in [0.717, 1.165) is 17.7 Å². The van der Waals surface area contributed by atoms with Crippen molar-refractivity contribution in [2.24, 2.45) is 4.99 Å². The number of thiophene rings is 1.